The van der Waals surface area contributed by atoms with Gasteiger partial charge in [0, 0.05) is 24.5 Å². The molecule has 1 aliphatic rings. The molecular weight excluding hydrogens is 435 g/mol. The number of halogens is 1. The maximum atomic E-state index is 15.3. The van der Waals surface area contributed by atoms with Crippen LogP contribution in [0.2, 0.25) is 0 Å². The first-order valence-corrected chi connectivity index (χ1v) is 12.1. The number of aromatic nitrogens is 1. The molecule has 3 atom stereocenters. The zero-order chi connectivity index (χ0) is 23.9. The number of methoxy groups -OCH3 is 1. The topological polar surface area (TPSA) is 75.8 Å². The van der Waals surface area contributed by atoms with Gasteiger partial charge < -0.3 is 19.2 Å². The summed E-state index contributed by atoms with van der Waals surface area (Å²) in [6.07, 6.45) is 6.70. The Morgan fingerprint density at radius 3 is 2.97 bits per heavy atom. The van der Waals surface area contributed by atoms with Crippen molar-refractivity contribution < 1.29 is 23.4 Å². The van der Waals surface area contributed by atoms with Crippen molar-refractivity contribution in [3.63, 3.8) is 0 Å². The smallest absolute Gasteiger partial charge is 0.308 e. The number of pyridine rings is 1. The molecule has 1 fully saturated rings. The molecule has 0 amide bonds. The van der Waals surface area contributed by atoms with E-state index in [0.29, 0.717) is 30.7 Å². The number of carboxylic acid groups (broad SMARTS) is 1. The second kappa shape index (κ2) is 11.5. The lowest BCUT2D eigenvalue weighted by molar-refractivity contribution is -0.146. The summed E-state index contributed by atoms with van der Waals surface area (Å²) < 4.78 is 26.0. The second-order valence-corrected chi connectivity index (χ2v) is 9.16. The number of hydrogen-bond donors (Lipinski definition) is 1. The first kappa shape index (κ1) is 24.2. The molecule has 1 unspecified atom stereocenters. The number of aliphatic carboxylic acids is 1. The van der Waals surface area contributed by atoms with Crippen LogP contribution in [-0.4, -0.2) is 47.7 Å². The summed E-state index contributed by atoms with van der Waals surface area (Å²) in [5.74, 6) is 0.401. The molecule has 6 nitrogen and oxygen atoms in total. The Labute approximate surface area is 199 Å². The SMILES string of the molecule is COc1ccc2nccc(C(F)CC[C@@H]3CCN(CCCCc4ccco4)C[C@@H]3C(=O)O)c2c1. The molecule has 0 saturated carbocycles. The Morgan fingerprint density at radius 2 is 2.21 bits per heavy atom. The van der Waals surface area contributed by atoms with E-state index in [9.17, 15) is 9.90 Å². The van der Waals surface area contributed by atoms with Gasteiger partial charge in [-0.05, 0) is 93.1 Å². The highest BCUT2D eigenvalue weighted by Gasteiger charge is 2.34. The maximum absolute atomic E-state index is 15.3. The maximum Gasteiger partial charge on any atom is 0.308 e. The molecule has 34 heavy (non-hydrogen) atoms. The molecule has 0 bridgehead atoms. The number of unbranched alkanes of at least 4 members (excludes halogenated alkanes) is 1. The number of rotatable bonds is 11. The summed E-state index contributed by atoms with van der Waals surface area (Å²) in [6, 6.07) is 11.0. The van der Waals surface area contributed by atoms with Crippen LogP contribution < -0.4 is 4.74 Å². The fraction of sp³-hybridized carbons (Fsp3) is 0.481. The fourth-order valence-electron chi connectivity index (χ4n) is 5.05. The standard InChI is InChI=1S/C27H33FN2O4/c1-33-21-8-10-26-23(17-21)22(11-13-29-26)25(28)9-7-19-12-15-30(18-24(19)27(31)32)14-3-2-5-20-6-4-16-34-20/h4,6,8,10-11,13,16-17,19,24-25H,2-3,5,7,9,12,14-15,18H2,1H3,(H,31,32)/t19-,24+,25?/m1/s1. The molecule has 3 heterocycles. The predicted molar refractivity (Wildman–Crippen MR) is 129 cm³/mol. The highest BCUT2D eigenvalue weighted by molar-refractivity contribution is 5.83. The minimum absolute atomic E-state index is 0.0160. The Hall–Kier alpha value is -2.93. The van der Waals surface area contributed by atoms with Gasteiger partial charge in [0.25, 0.3) is 0 Å². The number of alkyl halides is 1. The van der Waals surface area contributed by atoms with E-state index in [4.69, 9.17) is 9.15 Å². The van der Waals surface area contributed by atoms with Crippen molar-refractivity contribution in [2.24, 2.45) is 11.8 Å². The Kier molecular flexibility index (Phi) is 8.16. The van der Waals surface area contributed by atoms with Crippen LogP contribution in [0.25, 0.3) is 10.9 Å². The zero-order valence-electron chi connectivity index (χ0n) is 19.7. The number of ether oxygens (including phenoxy) is 1. The molecule has 1 aromatic carbocycles. The van der Waals surface area contributed by atoms with Crippen molar-refractivity contribution in [1.29, 1.82) is 0 Å². The molecule has 4 rings (SSSR count). The summed E-state index contributed by atoms with van der Waals surface area (Å²) >= 11 is 0. The van der Waals surface area contributed by atoms with Gasteiger partial charge in [0.05, 0.1) is 24.8 Å². The molecular formula is C27H33FN2O4. The van der Waals surface area contributed by atoms with Gasteiger partial charge in [0.2, 0.25) is 0 Å². The van der Waals surface area contributed by atoms with E-state index in [1.54, 1.807) is 25.6 Å². The number of nitrogens with zero attached hydrogens (tertiary/aromatic N) is 2. The number of furan rings is 1. The van der Waals surface area contributed by atoms with Crippen molar-refractivity contribution in [2.45, 2.75) is 44.7 Å². The number of fused-ring (bicyclic) bond motifs is 1. The Bertz CT molecular complexity index is 1070. The third-order valence-corrected chi connectivity index (χ3v) is 7.00. The zero-order valence-corrected chi connectivity index (χ0v) is 19.7. The van der Waals surface area contributed by atoms with Crippen LogP contribution >= 0.6 is 0 Å². The van der Waals surface area contributed by atoms with Crippen LogP contribution in [0.15, 0.2) is 53.3 Å². The molecule has 182 valence electrons. The average molecular weight is 469 g/mol. The van der Waals surface area contributed by atoms with Crippen LogP contribution in [0.1, 0.15) is 49.6 Å². The summed E-state index contributed by atoms with van der Waals surface area (Å²) in [7, 11) is 1.58. The molecule has 0 spiro atoms. The Morgan fingerprint density at radius 1 is 1.32 bits per heavy atom. The van der Waals surface area contributed by atoms with Crippen molar-refractivity contribution in [2.75, 3.05) is 26.7 Å². The first-order chi connectivity index (χ1) is 16.5. The largest absolute Gasteiger partial charge is 0.497 e. The minimum Gasteiger partial charge on any atom is -0.497 e. The lowest BCUT2D eigenvalue weighted by Crippen LogP contribution is -2.44. The average Bonchev–Trinajstić information content (AvgIpc) is 3.38. The molecule has 7 heteroatoms. The minimum atomic E-state index is -1.17. The van der Waals surface area contributed by atoms with Crippen molar-refractivity contribution >= 4 is 16.9 Å². The van der Waals surface area contributed by atoms with Crippen LogP contribution in [-0.2, 0) is 11.2 Å². The van der Waals surface area contributed by atoms with E-state index in [1.807, 2.05) is 30.3 Å². The fourth-order valence-corrected chi connectivity index (χ4v) is 5.05. The molecule has 1 N–H and O–H groups in total. The monoisotopic (exact) mass is 468 g/mol. The second-order valence-electron chi connectivity index (χ2n) is 9.16. The molecule has 2 aromatic heterocycles. The summed E-state index contributed by atoms with van der Waals surface area (Å²) in [5, 5.41) is 10.6. The molecule has 1 saturated heterocycles. The van der Waals surface area contributed by atoms with Crippen LogP contribution in [0.3, 0.4) is 0 Å². The highest BCUT2D eigenvalue weighted by Crippen LogP contribution is 2.35. The van der Waals surface area contributed by atoms with Crippen molar-refractivity contribution in [3.8, 4) is 5.75 Å². The summed E-state index contributed by atoms with van der Waals surface area (Å²) in [4.78, 5) is 18.6. The van der Waals surface area contributed by atoms with Gasteiger partial charge in [-0.25, -0.2) is 4.39 Å². The number of piperidine rings is 1. The van der Waals surface area contributed by atoms with E-state index in [-0.39, 0.29) is 5.92 Å². The van der Waals surface area contributed by atoms with E-state index >= 15 is 4.39 Å². The van der Waals surface area contributed by atoms with Gasteiger partial charge in [0.1, 0.15) is 17.7 Å². The van der Waals surface area contributed by atoms with Crippen LogP contribution in [0.4, 0.5) is 4.39 Å². The van der Waals surface area contributed by atoms with Crippen molar-refractivity contribution in [3.05, 3.63) is 60.2 Å². The van der Waals surface area contributed by atoms with Gasteiger partial charge >= 0.3 is 5.97 Å². The number of carbonyl (C=O) groups is 1. The molecule has 3 aromatic rings. The number of benzene rings is 1. The van der Waals surface area contributed by atoms with Gasteiger partial charge in [0.15, 0.2) is 0 Å². The van der Waals surface area contributed by atoms with E-state index in [0.717, 1.165) is 55.4 Å². The number of aryl methyl sites for hydroxylation is 1. The number of hydrogen-bond acceptors (Lipinski definition) is 5. The van der Waals surface area contributed by atoms with E-state index in [1.165, 1.54) is 0 Å². The lowest BCUT2D eigenvalue weighted by atomic mass is 9.81. The van der Waals surface area contributed by atoms with Gasteiger partial charge in [-0.1, -0.05) is 0 Å². The molecule has 0 aliphatic carbocycles. The van der Waals surface area contributed by atoms with E-state index < -0.39 is 18.1 Å². The molecule has 1 aliphatic heterocycles. The van der Waals surface area contributed by atoms with Gasteiger partial charge in [-0.15, -0.1) is 0 Å². The predicted octanol–water partition coefficient (Wildman–Crippen LogP) is 5.67. The lowest BCUT2D eigenvalue weighted by Gasteiger charge is -2.36. The number of likely N-dealkylation sites (tertiary alicyclic amines) is 1. The first-order valence-electron chi connectivity index (χ1n) is 12.1. The van der Waals surface area contributed by atoms with Crippen molar-refractivity contribution in [1.82, 2.24) is 9.88 Å². The normalized spacial score (nSPS) is 19.8. The third kappa shape index (κ3) is 5.95. The quantitative estimate of drug-likeness (QED) is 0.365. The highest BCUT2D eigenvalue weighted by atomic mass is 19.1. The van der Waals surface area contributed by atoms with Crippen LogP contribution in [0.5, 0.6) is 5.75 Å². The molecule has 0 radical (unpaired) electrons. The van der Waals surface area contributed by atoms with Gasteiger partial charge in [-0.3, -0.25) is 9.78 Å². The van der Waals surface area contributed by atoms with Gasteiger partial charge in [-0.2, -0.15) is 0 Å². The van der Waals surface area contributed by atoms with E-state index in [2.05, 4.69) is 9.88 Å². The van der Waals surface area contributed by atoms with Crippen LogP contribution in [0, 0.1) is 11.8 Å². The third-order valence-electron chi connectivity index (χ3n) is 7.00. The Balaban J connectivity index is 1.31. The number of carboxylic acids is 1. The summed E-state index contributed by atoms with van der Waals surface area (Å²) in [6.45, 7) is 2.28. The summed E-state index contributed by atoms with van der Waals surface area (Å²) in [5.41, 5.74) is 1.31.